The Labute approximate surface area is 192 Å². The summed E-state index contributed by atoms with van der Waals surface area (Å²) in [4.78, 5) is 12.4. The molecule has 0 saturated heterocycles. The van der Waals surface area contributed by atoms with Crippen molar-refractivity contribution in [3.05, 3.63) is 89.2 Å². The molecular weight excluding hydrogens is 447 g/mol. The first-order valence-corrected chi connectivity index (χ1v) is 11.7. The van der Waals surface area contributed by atoms with E-state index in [1.54, 1.807) is 25.1 Å². The molecule has 3 rings (SSSR count). The molecule has 0 spiro atoms. The second kappa shape index (κ2) is 10.9. The maximum atomic E-state index is 14.2. The van der Waals surface area contributed by atoms with Crippen molar-refractivity contribution in [1.82, 2.24) is 10.0 Å². The molecule has 0 aliphatic heterocycles. The molecule has 0 radical (unpaired) electrons. The summed E-state index contributed by atoms with van der Waals surface area (Å²) in [6.07, 6.45) is 0. The molecule has 0 saturated carbocycles. The number of ether oxygens (including phenoxy) is 2. The standard InChI is InChI=1S/C24H25FN2O5S/c1-3-27-33(29,30)19-10-11-21(25)20(14-19)24(28)26-15-18-9-12-22(23(13-18)31-2)32-16-17-7-5-4-6-8-17/h4-14,27H,3,15-16H2,1-2H3,(H,26,28). The molecule has 0 unspecified atom stereocenters. The number of carbonyl (C=O) groups excluding carboxylic acids is 1. The average molecular weight is 473 g/mol. The highest BCUT2D eigenvalue weighted by atomic mass is 32.2. The molecule has 2 N–H and O–H groups in total. The number of hydrogen-bond acceptors (Lipinski definition) is 5. The van der Waals surface area contributed by atoms with E-state index in [0.29, 0.717) is 23.7 Å². The zero-order chi connectivity index (χ0) is 23.8. The number of sulfonamides is 1. The summed E-state index contributed by atoms with van der Waals surface area (Å²) in [5.74, 6) is -0.513. The Kier molecular flexibility index (Phi) is 8.02. The summed E-state index contributed by atoms with van der Waals surface area (Å²) in [6.45, 7) is 2.26. The fourth-order valence-corrected chi connectivity index (χ4v) is 4.14. The fourth-order valence-electron chi connectivity index (χ4n) is 3.07. The van der Waals surface area contributed by atoms with E-state index in [-0.39, 0.29) is 23.5 Å². The van der Waals surface area contributed by atoms with Crippen LogP contribution in [-0.2, 0) is 23.2 Å². The van der Waals surface area contributed by atoms with Crippen LogP contribution in [0.5, 0.6) is 11.5 Å². The minimum Gasteiger partial charge on any atom is -0.493 e. The van der Waals surface area contributed by atoms with Crippen molar-refractivity contribution in [1.29, 1.82) is 0 Å². The second-order valence-electron chi connectivity index (χ2n) is 7.09. The van der Waals surface area contributed by atoms with Gasteiger partial charge in [0.1, 0.15) is 12.4 Å². The van der Waals surface area contributed by atoms with Crippen molar-refractivity contribution in [3.8, 4) is 11.5 Å². The van der Waals surface area contributed by atoms with Crippen LogP contribution >= 0.6 is 0 Å². The van der Waals surface area contributed by atoms with Crippen molar-refractivity contribution >= 4 is 15.9 Å². The molecule has 1 amide bonds. The van der Waals surface area contributed by atoms with Gasteiger partial charge in [0.05, 0.1) is 17.6 Å². The Balaban J connectivity index is 1.69. The van der Waals surface area contributed by atoms with Gasteiger partial charge in [0.25, 0.3) is 5.91 Å². The minimum atomic E-state index is -3.82. The Hall–Kier alpha value is -3.43. The van der Waals surface area contributed by atoms with Crippen LogP contribution in [0.2, 0.25) is 0 Å². The third kappa shape index (κ3) is 6.30. The first kappa shape index (κ1) is 24.2. The SMILES string of the molecule is CCNS(=O)(=O)c1ccc(F)c(C(=O)NCc2ccc(OCc3ccccc3)c(OC)c2)c1. The van der Waals surface area contributed by atoms with E-state index in [0.717, 1.165) is 23.8 Å². The van der Waals surface area contributed by atoms with Gasteiger partial charge in [-0.2, -0.15) is 0 Å². The van der Waals surface area contributed by atoms with Gasteiger partial charge >= 0.3 is 0 Å². The summed E-state index contributed by atoms with van der Waals surface area (Å²) in [6, 6.07) is 18.0. The maximum absolute atomic E-state index is 14.2. The van der Waals surface area contributed by atoms with Gasteiger partial charge in [0.15, 0.2) is 11.5 Å². The van der Waals surface area contributed by atoms with Gasteiger partial charge in [-0.1, -0.05) is 43.3 Å². The lowest BCUT2D eigenvalue weighted by molar-refractivity contribution is 0.0946. The van der Waals surface area contributed by atoms with E-state index in [9.17, 15) is 17.6 Å². The predicted octanol–water partition coefficient (Wildman–Crippen LogP) is 3.64. The van der Waals surface area contributed by atoms with Crippen molar-refractivity contribution < 1.29 is 27.1 Å². The summed E-state index contributed by atoms with van der Waals surface area (Å²) in [7, 11) is -2.30. The maximum Gasteiger partial charge on any atom is 0.254 e. The molecule has 0 aromatic heterocycles. The van der Waals surface area contributed by atoms with Crippen LogP contribution in [-0.4, -0.2) is 28.0 Å². The Morgan fingerprint density at radius 3 is 2.42 bits per heavy atom. The zero-order valence-corrected chi connectivity index (χ0v) is 19.1. The van der Waals surface area contributed by atoms with Gasteiger partial charge in [0, 0.05) is 13.1 Å². The lowest BCUT2D eigenvalue weighted by Gasteiger charge is -2.13. The Morgan fingerprint density at radius 1 is 0.970 bits per heavy atom. The van der Waals surface area contributed by atoms with Crippen molar-refractivity contribution in [3.63, 3.8) is 0 Å². The first-order chi connectivity index (χ1) is 15.8. The summed E-state index contributed by atoms with van der Waals surface area (Å²) in [5.41, 5.74) is 1.35. The van der Waals surface area contributed by atoms with Gasteiger partial charge in [-0.05, 0) is 41.5 Å². The smallest absolute Gasteiger partial charge is 0.254 e. The zero-order valence-electron chi connectivity index (χ0n) is 18.3. The van der Waals surface area contributed by atoms with E-state index in [1.807, 2.05) is 30.3 Å². The molecule has 9 heteroatoms. The third-order valence-electron chi connectivity index (χ3n) is 4.75. The summed E-state index contributed by atoms with van der Waals surface area (Å²) >= 11 is 0. The van der Waals surface area contributed by atoms with Crippen LogP contribution in [0.15, 0.2) is 71.6 Å². The predicted molar refractivity (Wildman–Crippen MR) is 122 cm³/mol. The Morgan fingerprint density at radius 2 is 1.73 bits per heavy atom. The van der Waals surface area contributed by atoms with E-state index in [4.69, 9.17) is 9.47 Å². The molecule has 7 nitrogen and oxygen atoms in total. The lowest BCUT2D eigenvalue weighted by atomic mass is 10.1. The molecule has 174 valence electrons. The highest BCUT2D eigenvalue weighted by Gasteiger charge is 2.19. The van der Waals surface area contributed by atoms with Gasteiger partial charge in [-0.25, -0.2) is 17.5 Å². The topological polar surface area (TPSA) is 93.7 Å². The lowest BCUT2D eigenvalue weighted by Crippen LogP contribution is -2.26. The molecule has 3 aromatic carbocycles. The monoisotopic (exact) mass is 472 g/mol. The largest absolute Gasteiger partial charge is 0.493 e. The Bertz CT molecular complexity index is 1220. The highest BCUT2D eigenvalue weighted by Crippen LogP contribution is 2.29. The number of halogens is 1. The molecule has 0 aliphatic rings. The van der Waals surface area contributed by atoms with Crippen molar-refractivity contribution in [2.75, 3.05) is 13.7 Å². The van der Waals surface area contributed by atoms with Gasteiger partial charge < -0.3 is 14.8 Å². The van der Waals surface area contributed by atoms with Gasteiger partial charge in [0.2, 0.25) is 10.0 Å². The highest BCUT2D eigenvalue weighted by molar-refractivity contribution is 7.89. The second-order valence-corrected chi connectivity index (χ2v) is 8.85. The number of benzene rings is 3. The van der Waals surface area contributed by atoms with Crippen LogP contribution in [0, 0.1) is 5.82 Å². The van der Waals surface area contributed by atoms with Crippen LogP contribution in [0.4, 0.5) is 4.39 Å². The van der Waals surface area contributed by atoms with E-state index in [2.05, 4.69) is 10.0 Å². The number of rotatable bonds is 10. The number of methoxy groups -OCH3 is 1. The number of nitrogens with one attached hydrogen (secondary N) is 2. The molecule has 33 heavy (non-hydrogen) atoms. The van der Waals surface area contributed by atoms with E-state index >= 15 is 0 Å². The molecule has 0 bridgehead atoms. The minimum absolute atomic E-state index is 0.0811. The molecule has 0 atom stereocenters. The molecule has 0 fully saturated rings. The normalized spacial score (nSPS) is 11.1. The summed E-state index contributed by atoms with van der Waals surface area (Å²) < 4.78 is 52.0. The molecule has 3 aromatic rings. The number of carbonyl (C=O) groups is 1. The van der Waals surface area contributed by atoms with Gasteiger partial charge in [-0.15, -0.1) is 0 Å². The summed E-state index contributed by atoms with van der Waals surface area (Å²) in [5, 5.41) is 2.60. The van der Waals surface area contributed by atoms with Crippen LogP contribution < -0.4 is 19.5 Å². The average Bonchev–Trinajstić information content (AvgIpc) is 2.82. The number of amides is 1. The van der Waals surface area contributed by atoms with Crippen molar-refractivity contribution in [2.24, 2.45) is 0 Å². The van der Waals surface area contributed by atoms with Gasteiger partial charge in [-0.3, -0.25) is 4.79 Å². The van der Waals surface area contributed by atoms with Crippen molar-refractivity contribution in [2.45, 2.75) is 25.0 Å². The third-order valence-corrected chi connectivity index (χ3v) is 6.29. The van der Waals surface area contributed by atoms with Crippen LogP contribution in [0.3, 0.4) is 0 Å². The molecule has 0 aliphatic carbocycles. The molecular formula is C24H25FN2O5S. The molecule has 0 heterocycles. The number of hydrogen-bond donors (Lipinski definition) is 2. The fraction of sp³-hybridized carbons (Fsp3) is 0.208. The van der Waals surface area contributed by atoms with Crippen LogP contribution in [0.1, 0.15) is 28.4 Å². The van der Waals surface area contributed by atoms with E-state index < -0.39 is 21.7 Å². The van der Waals surface area contributed by atoms with E-state index in [1.165, 1.54) is 7.11 Å². The quantitative estimate of drug-likeness (QED) is 0.470. The van der Waals surface area contributed by atoms with Crippen LogP contribution in [0.25, 0.3) is 0 Å². The first-order valence-electron chi connectivity index (χ1n) is 10.2.